The lowest BCUT2D eigenvalue weighted by molar-refractivity contribution is 0.0951. The second-order valence-electron chi connectivity index (χ2n) is 6.09. The Morgan fingerprint density at radius 2 is 1.80 bits per heavy atom. The minimum Gasteiger partial charge on any atom is -0.382 e. The van der Waals surface area contributed by atoms with E-state index >= 15 is 0 Å². The van der Waals surface area contributed by atoms with Crippen LogP contribution in [0.15, 0.2) is 24.3 Å². The minimum atomic E-state index is 0.0405. The molecule has 2 aliphatic carbocycles. The van der Waals surface area contributed by atoms with Crippen molar-refractivity contribution in [3.8, 4) is 0 Å². The highest BCUT2D eigenvalue weighted by Gasteiger charge is 2.23. The molecule has 20 heavy (non-hydrogen) atoms. The first kappa shape index (κ1) is 13.4. The molecule has 0 aliphatic heterocycles. The Bertz CT molecular complexity index is 467. The van der Waals surface area contributed by atoms with Gasteiger partial charge in [-0.3, -0.25) is 4.79 Å². The summed E-state index contributed by atoms with van der Waals surface area (Å²) in [6, 6.07) is 8.95. The van der Waals surface area contributed by atoms with Crippen LogP contribution in [0.4, 0.5) is 5.69 Å². The van der Waals surface area contributed by atoms with E-state index in [2.05, 4.69) is 10.6 Å². The highest BCUT2D eigenvalue weighted by Crippen LogP contribution is 2.22. The zero-order valence-corrected chi connectivity index (χ0v) is 11.8. The summed E-state index contributed by atoms with van der Waals surface area (Å²) in [7, 11) is 0. The maximum atomic E-state index is 11.9. The van der Waals surface area contributed by atoms with Gasteiger partial charge in [0, 0.05) is 29.4 Å². The van der Waals surface area contributed by atoms with Crippen LogP contribution >= 0.6 is 0 Å². The maximum Gasteiger partial charge on any atom is 0.251 e. The van der Waals surface area contributed by atoms with Gasteiger partial charge in [-0.2, -0.15) is 0 Å². The standard InChI is InChI=1S/C16H23N3O/c17-12-2-1-3-15(10-12)18-13-6-4-11(5-7-13)16(20)19-14-8-9-14/h4-7,12,14-15,18H,1-3,8-10,17H2,(H,19,20). The molecule has 4 nitrogen and oxygen atoms in total. The lowest BCUT2D eigenvalue weighted by Gasteiger charge is -2.28. The molecule has 0 spiro atoms. The van der Waals surface area contributed by atoms with Gasteiger partial charge in [-0.1, -0.05) is 0 Å². The molecule has 0 bridgehead atoms. The number of benzene rings is 1. The van der Waals surface area contributed by atoms with Crippen molar-refractivity contribution in [1.82, 2.24) is 5.32 Å². The summed E-state index contributed by atoms with van der Waals surface area (Å²) in [6.07, 6.45) is 6.78. The molecule has 1 aromatic rings. The SMILES string of the molecule is NC1CCCC(Nc2ccc(C(=O)NC3CC3)cc2)C1. The van der Waals surface area contributed by atoms with E-state index < -0.39 is 0 Å². The van der Waals surface area contributed by atoms with E-state index in [1.54, 1.807) is 0 Å². The lowest BCUT2D eigenvalue weighted by atomic mass is 9.91. The smallest absolute Gasteiger partial charge is 0.251 e. The molecular formula is C16H23N3O. The van der Waals surface area contributed by atoms with E-state index in [9.17, 15) is 4.79 Å². The molecule has 2 saturated carbocycles. The first-order valence-corrected chi connectivity index (χ1v) is 7.64. The van der Waals surface area contributed by atoms with E-state index in [1.165, 1.54) is 12.8 Å². The topological polar surface area (TPSA) is 67.1 Å². The monoisotopic (exact) mass is 273 g/mol. The highest BCUT2D eigenvalue weighted by molar-refractivity contribution is 5.94. The van der Waals surface area contributed by atoms with Gasteiger partial charge in [-0.05, 0) is 62.8 Å². The third-order valence-electron chi connectivity index (χ3n) is 4.15. The molecule has 4 heteroatoms. The summed E-state index contributed by atoms with van der Waals surface area (Å²) in [5.74, 6) is 0.0405. The summed E-state index contributed by atoms with van der Waals surface area (Å²) >= 11 is 0. The summed E-state index contributed by atoms with van der Waals surface area (Å²) in [6.45, 7) is 0. The zero-order chi connectivity index (χ0) is 13.9. The largest absolute Gasteiger partial charge is 0.382 e. The molecule has 108 valence electrons. The van der Waals surface area contributed by atoms with Gasteiger partial charge >= 0.3 is 0 Å². The van der Waals surface area contributed by atoms with Gasteiger partial charge in [-0.15, -0.1) is 0 Å². The Kier molecular flexibility index (Phi) is 3.92. The van der Waals surface area contributed by atoms with E-state index in [-0.39, 0.29) is 5.91 Å². The number of nitrogens with two attached hydrogens (primary N) is 1. The number of amides is 1. The van der Waals surface area contributed by atoms with E-state index in [0.717, 1.165) is 36.9 Å². The van der Waals surface area contributed by atoms with Crippen LogP contribution in [-0.4, -0.2) is 24.0 Å². The van der Waals surface area contributed by atoms with Gasteiger partial charge in [0.25, 0.3) is 5.91 Å². The van der Waals surface area contributed by atoms with Crippen LogP contribution in [0.3, 0.4) is 0 Å². The van der Waals surface area contributed by atoms with E-state index in [1.807, 2.05) is 24.3 Å². The Labute approximate surface area is 120 Å². The van der Waals surface area contributed by atoms with Crippen molar-refractivity contribution in [3.05, 3.63) is 29.8 Å². The number of anilines is 1. The summed E-state index contributed by atoms with van der Waals surface area (Å²) in [5, 5.41) is 6.52. The van der Waals surface area contributed by atoms with Crippen molar-refractivity contribution in [2.24, 2.45) is 5.73 Å². The van der Waals surface area contributed by atoms with E-state index in [0.29, 0.717) is 18.1 Å². The zero-order valence-electron chi connectivity index (χ0n) is 11.8. The quantitative estimate of drug-likeness (QED) is 0.788. The predicted molar refractivity (Wildman–Crippen MR) is 80.8 cm³/mol. The molecule has 0 radical (unpaired) electrons. The number of hydrogen-bond acceptors (Lipinski definition) is 3. The fourth-order valence-electron chi connectivity index (χ4n) is 2.81. The Morgan fingerprint density at radius 3 is 2.45 bits per heavy atom. The third kappa shape index (κ3) is 3.51. The van der Waals surface area contributed by atoms with Crippen LogP contribution in [0.25, 0.3) is 0 Å². The molecule has 2 atom stereocenters. The van der Waals surface area contributed by atoms with Crippen molar-refractivity contribution in [1.29, 1.82) is 0 Å². The van der Waals surface area contributed by atoms with Crippen LogP contribution in [0.1, 0.15) is 48.9 Å². The molecule has 1 aromatic carbocycles. The Hall–Kier alpha value is -1.55. The number of nitrogens with one attached hydrogen (secondary N) is 2. The second kappa shape index (κ2) is 5.83. The predicted octanol–water partition coefficient (Wildman–Crippen LogP) is 2.26. The molecule has 2 unspecified atom stereocenters. The molecule has 0 heterocycles. The van der Waals surface area contributed by atoms with Crippen molar-refractivity contribution in [2.45, 2.75) is 56.7 Å². The Morgan fingerprint density at radius 1 is 1.05 bits per heavy atom. The van der Waals surface area contributed by atoms with Gasteiger partial charge in [0.15, 0.2) is 0 Å². The van der Waals surface area contributed by atoms with Crippen LogP contribution in [-0.2, 0) is 0 Å². The van der Waals surface area contributed by atoms with Crippen molar-refractivity contribution in [2.75, 3.05) is 5.32 Å². The summed E-state index contributed by atoms with van der Waals surface area (Å²) in [5.41, 5.74) is 7.82. The molecule has 0 saturated heterocycles. The van der Waals surface area contributed by atoms with E-state index in [4.69, 9.17) is 5.73 Å². The second-order valence-corrected chi connectivity index (χ2v) is 6.09. The van der Waals surface area contributed by atoms with Crippen molar-refractivity contribution >= 4 is 11.6 Å². The maximum absolute atomic E-state index is 11.9. The molecule has 2 fully saturated rings. The van der Waals surface area contributed by atoms with Crippen molar-refractivity contribution < 1.29 is 4.79 Å². The minimum absolute atomic E-state index is 0.0405. The van der Waals surface area contributed by atoms with Crippen LogP contribution in [0, 0.1) is 0 Å². The van der Waals surface area contributed by atoms with Gasteiger partial charge in [0.05, 0.1) is 0 Å². The number of carbonyl (C=O) groups is 1. The van der Waals surface area contributed by atoms with Gasteiger partial charge in [-0.25, -0.2) is 0 Å². The number of hydrogen-bond donors (Lipinski definition) is 3. The normalized spacial score (nSPS) is 26.1. The third-order valence-corrected chi connectivity index (χ3v) is 4.15. The van der Waals surface area contributed by atoms with Gasteiger partial charge < -0.3 is 16.4 Å². The van der Waals surface area contributed by atoms with Gasteiger partial charge in [0.2, 0.25) is 0 Å². The first-order valence-electron chi connectivity index (χ1n) is 7.64. The molecule has 0 aromatic heterocycles. The molecular weight excluding hydrogens is 250 g/mol. The fourth-order valence-corrected chi connectivity index (χ4v) is 2.81. The van der Waals surface area contributed by atoms with Gasteiger partial charge in [0.1, 0.15) is 0 Å². The Balaban J connectivity index is 1.56. The molecule has 1 amide bonds. The average molecular weight is 273 g/mol. The molecule has 3 rings (SSSR count). The van der Waals surface area contributed by atoms with Crippen LogP contribution in [0.2, 0.25) is 0 Å². The number of rotatable bonds is 4. The van der Waals surface area contributed by atoms with Crippen molar-refractivity contribution in [3.63, 3.8) is 0 Å². The first-order chi connectivity index (χ1) is 9.70. The summed E-state index contributed by atoms with van der Waals surface area (Å²) in [4.78, 5) is 11.9. The molecule has 4 N–H and O–H groups in total. The lowest BCUT2D eigenvalue weighted by Crippen LogP contribution is -2.34. The number of carbonyl (C=O) groups excluding carboxylic acids is 1. The van der Waals surface area contributed by atoms with Crippen LogP contribution in [0.5, 0.6) is 0 Å². The summed E-state index contributed by atoms with van der Waals surface area (Å²) < 4.78 is 0. The fraction of sp³-hybridized carbons (Fsp3) is 0.562. The van der Waals surface area contributed by atoms with Crippen LogP contribution < -0.4 is 16.4 Å². The highest BCUT2D eigenvalue weighted by atomic mass is 16.1. The average Bonchev–Trinajstić information content (AvgIpc) is 3.23. The molecule has 2 aliphatic rings.